The van der Waals surface area contributed by atoms with Crippen LogP contribution in [0.25, 0.3) is 11.3 Å². The Bertz CT molecular complexity index is 919. The van der Waals surface area contributed by atoms with E-state index in [1.165, 1.54) is 12.1 Å². The van der Waals surface area contributed by atoms with E-state index >= 15 is 0 Å². The molecule has 3 aromatic rings. The van der Waals surface area contributed by atoms with Gasteiger partial charge in [0.1, 0.15) is 11.6 Å². The highest BCUT2D eigenvalue weighted by Gasteiger charge is 2.22. The number of anilines is 1. The van der Waals surface area contributed by atoms with E-state index in [1.807, 2.05) is 23.1 Å². The van der Waals surface area contributed by atoms with Gasteiger partial charge in [0, 0.05) is 49.9 Å². The maximum atomic E-state index is 13.1. The highest BCUT2D eigenvalue weighted by Crippen LogP contribution is 2.25. The quantitative estimate of drug-likeness (QED) is 0.680. The number of rotatable bonds is 5. The van der Waals surface area contributed by atoms with Crippen molar-refractivity contribution < 1.29 is 13.7 Å². The molecule has 0 unspecified atom stereocenters. The molecule has 0 atom stereocenters. The molecule has 0 spiro atoms. The lowest BCUT2D eigenvalue weighted by atomic mass is 10.0. The smallest absolute Gasteiger partial charge is 0.223 e. The number of pyridine rings is 1. The van der Waals surface area contributed by atoms with Crippen LogP contribution < -0.4 is 4.90 Å². The second-order valence-corrected chi connectivity index (χ2v) is 6.74. The molecule has 2 aromatic heterocycles. The molecule has 0 bridgehead atoms. The van der Waals surface area contributed by atoms with Crippen molar-refractivity contribution in [1.29, 1.82) is 0 Å². The van der Waals surface area contributed by atoms with E-state index in [9.17, 15) is 9.18 Å². The van der Waals surface area contributed by atoms with E-state index in [2.05, 4.69) is 15.0 Å². The number of benzene rings is 1. The monoisotopic (exact) mass is 380 g/mol. The van der Waals surface area contributed by atoms with Crippen molar-refractivity contribution in [3.8, 4) is 11.3 Å². The van der Waals surface area contributed by atoms with Gasteiger partial charge in [-0.2, -0.15) is 0 Å². The van der Waals surface area contributed by atoms with E-state index in [-0.39, 0.29) is 11.7 Å². The summed E-state index contributed by atoms with van der Waals surface area (Å²) >= 11 is 0. The number of aromatic nitrogens is 2. The van der Waals surface area contributed by atoms with Crippen LogP contribution in [0.15, 0.2) is 59.4 Å². The molecular formula is C21H21FN4O2. The molecule has 1 aliphatic rings. The van der Waals surface area contributed by atoms with E-state index < -0.39 is 0 Å². The standard InChI is InChI=1S/C21H21FN4O2/c22-18-7-4-16(5-8-18)21-17(15-24-28-21)6-9-20(27)26-13-11-25(12-14-26)19-3-1-2-10-23-19/h1-5,7-8,10,15H,6,9,11-14H2. The molecule has 0 radical (unpaired) electrons. The van der Waals surface area contributed by atoms with E-state index in [0.717, 1.165) is 30.0 Å². The third kappa shape index (κ3) is 4.03. The number of nitrogens with zero attached hydrogens (tertiary/aromatic N) is 4. The summed E-state index contributed by atoms with van der Waals surface area (Å²) in [4.78, 5) is 21.1. The summed E-state index contributed by atoms with van der Waals surface area (Å²) in [6.45, 7) is 2.92. The Labute approximate surface area is 162 Å². The summed E-state index contributed by atoms with van der Waals surface area (Å²) in [5, 5.41) is 3.85. The molecule has 0 aliphatic carbocycles. The largest absolute Gasteiger partial charge is 0.356 e. The predicted molar refractivity (Wildman–Crippen MR) is 103 cm³/mol. The lowest BCUT2D eigenvalue weighted by Crippen LogP contribution is -2.49. The topological polar surface area (TPSA) is 62.5 Å². The highest BCUT2D eigenvalue weighted by atomic mass is 19.1. The second kappa shape index (κ2) is 8.21. The van der Waals surface area contributed by atoms with Gasteiger partial charge >= 0.3 is 0 Å². The summed E-state index contributed by atoms with van der Waals surface area (Å²) in [6.07, 6.45) is 4.34. The first-order chi connectivity index (χ1) is 13.7. The third-order valence-corrected chi connectivity index (χ3v) is 4.96. The van der Waals surface area contributed by atoms with Gasteiger partial charge in [-0.15, -0.1) is 0 Å². The maximum Gasteiger partial charge on any atom is 0.223 e. The zero-order valence-corrected chi connectivity index (χ0v) is 15.4. The lowest BCUT2D eigenvalue weighted by molar-refractivity contribution is -0.131. The van der Waals surface area contributed by atoms with Gasteiger partial charge in [0.2, 0.25) is 5.91 Å². The van der Waals surface area contributed by atoms with Gasteiger partial charge in [-0.3, -0.25) is 4.79 Å². The fourth-order valence-electron chi connectivity index (χ4n) is 3.40. The molecule has 1 aliphatic heterocycles. The van der Waals surface area contributed by atoms with Gasteiger partial charge in [-0.1, -0.05) is 11.2 Å². The molecule has 1 saturated heterocycles. The molecule has 0 N–H and O–H groups in total. The molecule has 4 rings (SSSR count). The van der Waals surface area contributed by atoms with Gasteiger partial charge in [0.25, 0.3) is 0 Å². The number of carbonyl (C=O) groups is 1. The van der Waals surface area contributed by atoms with Crippen LogP contribution in [0.1, 0.15) is 12.0 Å². The van der Waals surface area contributed by atoms with Crippen molar-refractivity contribution in [2.24, 2.45) is 0 Å². The number of amides is 1. The third-order valence-electron chi connectivity index (χ3n) is 4.96. The Morgan fingerprint density at radius 1 is 1.07 bits per heavy atom. The SMILES string of the molecule is O=C(CCc1cnoc1-c1ccc(F)cc1)N1CCN(c2ccccn2)CC1. The molecular weight excluding hydrogens is 359 g/mol. The van der Waals surface area contributed by atoms with Gasteiger partial charge in [-0.25, -0.2) is 9.37 Å². The lowest BCUT2D eigenvalue weighted by Gasteiger charge is -2.35. The average Bonchev–Trinajstić information content (AvgIpc) is 3.22. The predicted octanol–water partition coefficient (Wildman–Crippen LogP) is 3.16. The van der Waals surface area contributed by atoms with Crippen LogP contribution in [0.5, 0.6) is 0 Å². The van der Waals surface area contributed by atoms with Crippen LogP contribution in [0.4, 0.5) is 10.2 Å². The van der Waals surface area contributed by atoms with Crippen molar-refractivity contribution in [3.63, 3.8) is 0 Å². The van der Waals surface area contributed by atoms with Crippen LogP contribution in [0.2, 0.25) is 0 Å². The molecule has 7 heteroatoms. The van der Waals surface area contributed by atoms with E-state index in [1.54, 1.807) is 24.5 Å². The van der Waals surface area contributed by atoms with Crippen molar-refractivity contribution in [2.75, 3.05) is 31.1 Å². The number of carbonyl (C=O) groups excluding carboxylic acids is 1. The first-order valence-corrected chi connectivity index (χ1v) is 9.34. The molecule has 3 heterocycles. The Kier molecular flexibility index (Phi) is 5.32. The first kappa shape index (κ1) is 18.2. The summed E-state index contributed by atoms with van der Waals surface area (Å²) in [5.74, 6) is 1.35. The second-order valence-electron chi connectivity index (χ2n) is 6.74. The fraction of sp³-hybridized carbons (Fsp3) is 0.286. The molecule has 1 fully saturated rings. The number of hydrogen-bond acceptors (Lipinski definition) is 5. The summed E-state index contributed by atoms with van der Waals surface area (Å²) < 4.78 is 18.4. The minimum atomic E-state index is -0.301. The Morgan fingerprint density at radius 3 is 2.57 bits per heavy atom. The first-order valence-electron chi connectivity index (χ1n) is 9.34. The van der Waals surface area contributed by atoms with E-state index in [4.69, 9.17) is 4.52 Å². The number of piperazine rings is 1. The number of halogens is 1. The van der Waals surface area contributed by atoms with Gasteiger partial charge in [0.15, 0.2) is 5.76 Å². The number of aryl methyl sites for hydroxylation is 1. The van der Waals surface area contributed by atoms with Crippen molar-refractivity contribution in [1.82, 2.24) is 15.0 Å². The molecule has 144 valence electrons. The summed E-state index contributed by atoms with van der Waals surface area (Å²) in [7, 11) is 0. The van der Waals surface area contributed by atoms with Crippen LogP contribution in [0.3, 0.4) is 0 Å². The number of hydrogen-bond donors (Lipinski definition) is 0. The van der Waals surface area contributed by atoms with Crippen LogP contribution >= 0.6 is 0 Å². The minimum absolute atomic E-state index is 0.118. The molecule has 1 amide bonds. The zero-order valence-electron chi connectivity index (χ0n) is 15.4. The zero-order chi connectivity index (χ0) is 19.3. The van der Waals surface area contributed by atoms with Crippen molar-refractivity contribution >= 4 is 11.7 Å². The van der Waals surface area contributed by atoms with Crippen molar-refractivity contribution in [3.05, 3.63) is 66.2 Å². The average molecular weight is 380 g/mol. The molecule has 0 saturated carbocycles. The Balaban J connectivity index is 1.32. The highest BCUT2D eigenvalue weighted by molar-refractivity contribution is 5.77. The fourth-order valence-corrected chi connectivity index (χ4v) is 3.40. The maximum absolute atomic E-state index is 13.1. The summed E-state index contributed by atoms with van der Waals surface area (Å²) in [6, 6.07) is 11.9. The van der Waals surface area contributed by atoms with Gasteiger partial charge in [0.05, 0.1) is 6.20 Å². The van der Waals surface area contributed by atoms with Crippen molar-refractivity contribution in [2.45, 2.75) is 12.8 Å². The Hall–Kier alpha value is -3.22. The summed E-state index contributed by atoms with van der Waals surface area (Å²) in [5.41, 5.74) is 1.61. The van der Waals surface area contributed by atoms with Crippen LogP contribution in [-0.4, -0.2) is 47.1 Å². The normalized spacial score (nSPS) is 14.3. The van der Waals surface area contributed by atoms with Gasteiger partial charge < -0.3 is 14.3 Å². The molecule has 6 nitrogen and oxygen atoms in total. The van der Waals surface area contributed by atoms with Crippen LogP contribution in [-0.2, 0) is 11.2 Å². The van der Waals surface area contributed by atoms with Crippen LogP contribution in [0, 0.1) is 5.82 Å². The van der Waals surface area contributed by atoms with Gasteiger partial charge in [-0.05, 0) is 42.8 Å². The molecule has 28 heavy (non-hydrogen) atoms. The minimum Gasteiger partial charge on any atom is -0.356 e. The Morgan fingerprint density at radius 2 is 1.86 bits per heavy atom. The molecule has 1 aromatic carbocycles. The van der Waals surface area contributed by atoms with E-state index in [0.29, 0.717) is 31.7 Å².